The second kappa shape index (κ2) is 6.88. The van der Waals surface area contributed by atoms with Crippen LogP contribution in [-0.4, -0.2) is 47.4 Å². The van der Waals surface area contributed by atoms with Crippen molar-refractivity contribution in [2.45, 2.75) is 32.1 Å². The molecule has 0 atom stereocenters. The van der Waals surface area contributed by atoms with E-state index in [2.05, 4.69) is 29.2 Å². The lowest BCUT2D eigenvalue weighted by atomic mass is 9.68. The molecule has 138 valence electrons. The molecule has 0 saturated heterocycles. The second-order valence-corrected chi connectivity index (χ2v) is 7.62. The summed E-state index contributed by atoms with van der Waals surface area (Å²) in [6.07, 6.45) is 4.73. The Morgan fingerprint density at radius 2 is 1.92 bits per heavy atom. The van der Waals surface area contributed by atoms with Crippen molar-refractivity contribution in [3.8, 4) is 11.3 Å². The van der Waals surface area contributed by atoms with Crippen molar-refractivity contribution in [1.82, 2.24) is 14.7 Å². The van der Waals surface area contributed by atoms with E-state index in [1.807, 2.05) is 17.8 Å². The largest absolute Gasteiger partial charge is 0.384 e. The third-order valence-corrected chi connectivity index (χ3v) is 6.00. The average molecular weight is 353 g/mol. The molecule has 1 aliphatic heterocycles. The summed E-state index contributed by atoms with van der Waals surface area (Å²) in [6, 6.07) is 10.4. The van der Waals surface area contributed by atoms with Crippen LogP contribution in [0.15, 0.2) is 30.3 Å². The van der Waals surface area contributed by atoms with Crippen molar-refractivity contribution < 1.29 is 9.53 Å². The third kappa shape index (κ3) is 2.84. The summed E-state index contributed by atoms with van der Waals surface area (Å²) in [5.74, 6) is 0.279. The predicted octanol–water partition coefficient (Wildman–Crippen LogP) is 2.83. The Morgan fingerprint density at radius 3 is 2.58 bits per heavy atom. The number of methoxy groups -OCH3 is 1. The first-order valence-electron chi connectivity index (χ1n) is 9.53. The van der Waals surface area contributed by atoms with Gasteiger partial charge in [-0.15, -0.1) is 0 Å². The molecule has 1 saturated carbocycles. The van der Waals surface area contributed by atoms with Crippen LogP contribution in [0.4, 0.5) is 0 Å². The molecule has 26 heavy (non-hydrogen) atoms. The minimum absolute atomic E-state index is 0.274. The Hall–Kier alpha value is -2.14. The molecule has 5 nitrogen and oxygen atoms in total. The number of carbonyl (C=O) groups is 1. The van der Waals surface area contributed by atoms with Crippen LogP contribution in [-0.2, 0) is 29.4 Å². The van der Waals surface area contributed by atoms with E-state index < -0.39 is 0 Å². The monoisotopic (exact) mass is 353 g/mol. The molecular formula is C21H27N3O2. The molecule has 0 spiro atoms. The Bertz CT molecular complexity index is 793. The van der Waals surface area contributed by atoms with Gasteiger partial charge in [-0.25, -0.2) is 0 Å². The zero-order valence-electron chi connectivity index (χ0n) is 15.7. The van der Waals surface area contributed by atoms with E-state index in [-0.39, 0.29) is 11.3 Å². The molecule has 1 fully saturated rings. The van der Waals surface area contributed by atoms with Crippen LogP contribution in [0.5, 0.6) is 0 Å². The molecule has 4 rings (SSSR count). The number of aryl methyl sites for hydroxylation is 1. The van der Waals surface area contributed by atoms with Crippen molar-refractivity contribution in [3.63, 3.8) is 0 Å². The number of rotatable bonds is 4. The van der Waals surface area contributed by atoms with Crippen molar-refractivity contribution in [2.24, 2.45) is 12.5 Å². The highest BCUT2D eigenvalue weighted by Crippen LogP contribution is 2.43. The molecular weight excluding hydrogens is 326 g/mol. The van der Waals surface area contributed by atoms with Crippen LogP contribution in [0.1, 0.15) is 30.5 Å². The number of aromatic nitrogens is 2. The van der Waals surface area contributed by atoms with Gasteiger partial charge >= 0.3 is 0 Å². The predicted molar refractivity (Wildman–Crippen MR) is 101 cm³/mol. The molecule has 2 heterocycles. The lowest BCUT2D eigenvalue weighted by Gasteiger charge is -2.42. The molecule has 0 N–H and O–H groups in total. The Morgan fingerprint density at radius 1 is 1.19 bits per heavy atom. The topological polar surface area (TPSA) is 47.4 Å². The molecule has 0 bridgehead atoms. The van der Waals surface area contributed by atoms with Gasteiger partial charge in [-0.1, -0.05) is 36.8 Å². The zero-order chi connectivity index (χ0) is 18.1. The summed E-state index contributed by atoms with van der Waals surface area (Å²) < 4.78 is 7.36. The average Bonchev–Trinajstić information content (AvgIpc) is 2.80. The van der Waals surface area contributed by atoms with E-state index >= 15 is 0 Å². The van der Waals surface area contributed by atoms with Crippen LogP contribution in [0.2, 0.25) is 0 Å². The number of hydrogen-bond donors (Lipinski definition) is 0. The van der Waals surface area contributed by atoms with E-state index in [1.54, 1.807) is 7.11 Å². The molecule has 5 heteroatoms. The van der Waals surface area contributed by atoms with Crippen LogP contribution in [0.25, 0.3) is 11.3 Å². The van der Waals surface area contributed by atoms with Gasteiger partial charge in [-0.2, -0.15) is 5.10 Å². The van der Waals surface area contributed by atoms with E-state index in [0.29, 0.717) is 6.61 Å². The first-order valence-corrected chi connectivity index (χ1v) is 9.53. The third-order valence-electron chi connectivity index (χ3n) is 6.00. The van der Waals surface area contributed by atoms with Gasteiger partial charge in [0.1, 0.15) is 0 Å². The summed E-state index contributed by atoms with van der Waals surface area (Å²) in [6.45, 7) is 2.06. The fraction of sp³-hybridized carbons (Fsp3) is 0.524. The summed E-state index contributed by atoms with van der Waals surface area (Å²) in [4.78, 5) is 15.2. The fourth-order valence-electron chi connectivity index (χ4n) is 4.48. The Kier molecular flexibility index (Phi) is 4.57. The molecule has 0 radical (unpaired) electrons. The molecule has 1 amide bonds. The SMILES string of the molecule is COCC1(C(=O)N2CCc3nn(C)c(-c4ccccc4)c3CC2)CCC1. The standard InChI is InChI=1S/C21H27N3O2/c1-23-19(16-7-4-3-5-8-16)17-9-13-24(14-10-18(17)22-23)20(25)21(15-26-2)11-6-12-21/h3-5,7-8H,6,9-15H2,1-2H3. The van der Waals surface area contributed by atoms with E-state index in [1.165, 1.54) is 16.8 Å². The zero-order valence-corrected chi connectivity index (χ0v) is 15.7. The van der Waals surface area contributed by atoms with Crippen LogP contribution < -0.4 is 0 Å². The number of amides is 1. The van der Waals surface area contributed by atoms with Gasteiger partial charge in [0.05, 0.1) is 23.4 Å². The smallest absolute Gasteiger partial charge is 0.231 e. The van der Waals surface area contributed by atoms with Crippen molar-refractivity contribution in [1.29, 1.82) is 0 Å². The van der Waals surface area contributed by atoms with Gasteiger partial charge in [0.15, 0.2) is 0 Å². The first-order chi connectivity index (χ1) is 12.6. The molecule has 2 aromatic rings. The van der Waals surface area contributed by atoms with Crippen molar-refractivity contribution in [2.75, 3.05) is 26.8 Å². The fourth-order valence-corrected chi connectivity index (χ4v) is 4.48. The maximum Gasteiger partial charge on any atom is 0.231 e. The van der Waals surface area contributed by atoms with Gasteiger partial charge in [0.2, 0.25) is 5.91 Å². The molecule has 1 aromatic heterocycles. The number of benzene rings is 1. The first kappa shape index (κ1) is 17.3. The van der Waals surface area contributed by atoms with Gasteiger partial charge in [-0.05, 0) is 19.3 Å². The summed E-state index contributed by atoms with van der Waals surface area (Å²) in [5, 5.41) is 4.77. The second-order valence-electron chi connectivity index (χ2n) is 7.62. The molecule has 0 unspecified atom stereocenters. The number of carbonyl (C=O) groups excluding carboxylic acids is 1. The van der Waals surface area contributed by atoms with Gasteiger partial charge in [0.25, 0.3) is 0 Å². The van der Waals surface area contributed by atoms with Crippen molar-refractivity contribution >= 4 is 5.91 Å². The number of nitrogens with zero attached hydrogens (tertiary/aromatic N) is 3. The number of hydrogen-bond acceptors (Lipinski definition) is 3. The number of ether oxygens (including phenoxy) is 1. The van der Waals surface area contributed by atoms with Crippen molar-refractivity contribution in [3.05, 3.63) is 41.6 Å². The van der Waals surface area contributed by atoms with E-state index in [4.69, 9.17) is 9.84 Å². The summed E-state index contributed by atoms with van der Waals surface area (Å²) in [5.41, 5.74) is 4.53. The van der Waals surface area contributed by atoms with Crippen LogP contribution in [0.3, 0.4) is 0 Å². The highest BCUT2D eigenvalue weighted by atomic mass is 16.5. The van der Waals surface area contributed by atoms with E-state index in [0.717, 1.165) is 50.9 Å². The van der Waals surface area contributed by atoms with Crippen LogP contribution in [0, 0.1) is 5.41 Å². The lowest BCUT2D eigenvalue weighted by molar-refractivity contribution is -0.152. The molecule has 2 aliphatic rings. The van der Waals surface area contributed by atoms with E-state index in [9.17, 15) is 4.79 Å². The molecule has 1 aliphatic carbocycles. The summed E-state index contributed by atoms with van der Waals surface area (Å²) in [7, 11) is 3.71. The quantitative estimate of drug-likeness (QED) is 0.849. The van der Waals surface area contributed by atoms with Crippen LogP contribution >= 0.6 is 0 Å². The number of fused-ring (bicyclic) bond motifs is 1. The Labute approximate surface area is 154 Å². The lowest BCUT2D eigenvalue weighted by Crippen LogP contribution is -2.51. The van der Waals surface area contributed by atoms with Gasteiger partial charge in [0, 0.05) is 44.8 Å². The minimum atomic E-state index is -0.274. The highest BCUT2D eigenvalue weighted by molar-refractivity contribution is 5.84. The van der Waals surface area contributed by atoms with Gasteiger partial charge in [-0.3, -0.25) is 9.48 Å². The highest BCUT2D eigenvalue weighted by Gasteiger charge is 2.46. The minimum Gasteiger partial charge on any atom is -0.384 e. The normalized spacial score (nSPS) is 18.8. The maximum absolute atomic E-state index is 13.2. The summed E-state index contributed by atoms with van der Waals surface area (Å²) >= 11 is 0. The maximum atomic E-state index is 13.2. The van der Waals surface area contributed by atoms with Gasteiger partial charge < -0.3 is 9.64 Å². The Balaban J connectivity index is 1.57. The molecule has 1 aromatic carbocycles.